The molecule has 0 bridgehead atoms. The molecule has 1 fully saturated rings. The Balaban J connectivity index is 1.62. The van der Waals surface area contributed by atoms with Gasteiger partial charge >= 0.3 is 6.09 Å². The first kappa shape index (κ1) is 20.5. The minimum absolute atomic E-state index is 0.210. The lowest BCUT2D eigenvalue weighted by Crippen LogP contribution is -2.42. The third-order valence-corrected chi connectivity index (χ3v) is 5.56. The van der Waals surface area contributed by atoms with Gasteiger partial charge in [0.05, 0.1) is 5.39 Å². The fourth-order valence-electron chi connectivity index (χ4n) is 3.89. The van der Waals surface area contributed by atoms with Crippen molar-refractivity contribution in [3.8, 4) is 11.1 Å². The van der Waals surface area contributed by atoms with Crippen LogP contribution in [0.4, 0.5) is 10.6 Å². The highest BCUT2D eigenvalue weighted by atomic mass is 35.5. The average molecular weight is 428 g/mol. The van der Waals surface area contributed by atoms with Gasteiger partial charge in [-0.3, -0.25) is 0 Å². The average Bonchev–Trinajstić information content (AvgIpc) is 3.08. The zero-order valence-electron chi connectivity index (χ0n) is 17.4. The number of rotatable bonds is 2. The Bertz CT molecular complexity index is 1060. The Morgan fingerprint density at radius 2 is 1.83 bits per heavy atom. The molecule has 0 unspecified atom stereocenters. The van der Waals surface area contributed by atoms with E-state index in [9.17, 15) is 4.79 Å². The summed E-state index contributed by atoms with van der Waals surface area (Å²) in [7, 11) is 0. The highest BCUT2D eigenvalue weighted by Crippen LogP contribution is 2.37. The van der Waals surface area contributed by atoms with Crippen molar-refractivity contribution in [3.05, 3.63) is 41.8 Å². The minimum atomic E-state index is -0.494. The number of nitrogens with two attached hydrogens (primary N) is 1. The van der Waals surface area contributed by atoms with E-state index in [1.807, 2.05) is 45.0 Å². The second-order valence-corrected chi connectivity index (χ2v) is 9.05. The normalized spacial score (nSPS) is 15.5. The summed E-state index contributed by atoms with van der Waals surface area (Å²) in [5, 5.41) is 1.52. The topological polar surface area (TPSA) is 86.3 Å². The van der Waals surface area contributed by atoms with E-state index in [1.165, 1.54) is 6.33 Å². The van der Waals surface area contributed by atoms with Crippen LogP contribution in [0.2, 0.25) is 5.02 Å². The maximum absolute atomic E-state index is 12.4. The number of benzene rings is 1. The quantitative estimate of drug-likeness (QED) is 0.628. The second kappa shape index (κ2) is 7.80. The number of ether oxygens (including phenoxy) is 1. The van der Waals surface area contributed by atoms with Crippen molar-refractivity contribution in [1.82, 2.24) is 19.4 Å². The minimum Gasteiger partial charge on any atom is -0.444 e. The van der Waals surface area contributed by atoms with Crippen LogP contribution in [0.15, 0.2) is 36.8 Å². The third kappa shape index (κ3) is 4.07. The number of carbonyl (C=O) groups excluding carboxylic acids is 1. The van der Waals surface area contributed by atoms with Crippen LogP contribution in [0.1, 0.15) is 39.7 Å². The molecule has 0 saturated carbocycles. The van der Waals surface area contributed by atoms with Crippen LogP contribution >= 0.6 is 11.6 Å². The van der Waals surface area contributed by atoms with Crippen molar-refractivity contribution in [3.63, 3.8) is 0 Å². The number of fused-ring (bicyclic) bond motifs is 1. The SMILES string of the molecule is CC(C)(C)OC(=O)N1CCC(n2cc(-c3ccc(Cl)cc3)c3c(N)ncnc32)CC1. The summed E-state index contributed by atoms with van der Waals surface area (Å²) in [6, 6.07) is 7.87. The molecule has 1 saturated heterocycles. The van der Waals surface area contributed by atoms with E-state index in [-0.39, 0.29) is 12.1 Å². The Hall–Kier alpha value is -2.80. The molecule has 1 amide bonds. The fourth-order valence-corrected chi connectivity index (χ4v) is 4.01. The summed E-state index contributed by atoms with van der Waals surface area (Å²) in [6.07, 6.45) is 4.95. The lowest BCUT2D eigenvalue weighted by molar-refractivity contribution is 0.0189. The molecule has 4 rings (SSSR count). The van der Waals surface area contributed by atoms with Crippen LogP contribution in [0.25, 0.3) is 22.2 Å². The molecule has 3 heterocycles. The number of anilines is 1. The van der Waals surface area contributed by atoms with Gasteiger partial charge in [-0.25, -0.2) is 14.8 Å². The van der Waals surface area contributed by atoms with Gasteiger partial charge in [0.1, 0.15) is 23.4 Å². The third-order valence-electron chi connectivity index (χ3n) is 5.30. The first-order valence-electron chi connectivity index (χ1n) is 10.1. The Labute approximate surface area is 180 Å². The van der Waals surface area contributed by atoms with Gasteiger partial charge in [0.15, 0.2) is 0 Å². The first-order chi connectivity index (χ1) is 14.2. The highest BCUT2D eigenvalue weighted by molar-refractivity contribution is 6.30. The first-order valence-corrected chi connectivity index (χ1v) is 10.5. The van der Waals surface area contributed by atoms with Gasteiger partial charge in [-0.05, 0) is 51.3 Å². The maximum Gasteiger partial charge on any atom is 0.410 e. The zero-order chi connectivity index (χ0) is 21.5. The van der Waals surface area contributed by atoms with E-state index in [4.69, 9.17) is 22.1 Å². The summed E-state index contributed by atoms with van der Waals surface area (Å²) in [6.45, 7) is 6.91. The van der Waals surface area contributed by atoms with Crippen molar-refractivity contribution in [2.75, 3.05) is 18.8 Å². The molecular weight excluding hydrogens is 402 g/mol. The molecule has 2 aromatic heterocycles. The van der Waals surface area contributed by atoms with E-state index >= 15 is 0 Å². The molecule has 8 heteroatoms. The van der Waals surface area contributed by atoms with Gasteiger partial charge in [0, 0.05) is 35.9 Å². The number of aromatic nitrogens is 3. The smallest absolute Gasteiger partial charge is 0.410 e. The van der Waals surface area contributed by atoms with Crippen molar-refractivity contribution in [2.45, 2.75) is 45.3 Å². The van der Waals surface area contributed by atoms with Gasteiger partial charge in [-0.1, -0.05) is 23.7 Å². The van der Waals surface area contributed by atoms with Crippen LogP contribution in [0.3, 0.4) is 0 Å². The molecule has 1 aliphatic heterocycles. The van der Waals surface area contributed by atoms with E-state index in [2.05, 4.69) is 20.7 Å². The number of nitrogen functional groups attached to an aromatic ring is 1. The summed E-state index contributed by atoms with van der Waals surface area (Å²) >= 11 is 6.06. The monoisotopic (exact) mass is 427 g/mol. The fraction of sp³-hybridized carbons (Fsp3) is 0.409. The van der Waals surface area contributed by atoms with Crippen molar-refractivity contribution < 1.29 is 9.53 Å². The van der Waals surface area contributed by atoms with Gasteiger partial charge in [-0.2, -0.15) is 0 Å². The number of hydrogen-bond acceptors (Lipinski definition) is 5. The Kier molecular flexibility index (Phi) is 5.32. The Morgan fingerprint density at radius 3 is 2.47 bits per heavy atom. The molecule has 7 nitrogen and oxygen atoms in total. The molecule has 158 valence electrons. The molecule has 0 spiro atoms. The van der Waals surface area contributed by atoms with Crippen molar-refractivity contribution in [1.29, 1.82) is 0 Å². The van der Waals surface area contributed by atoms with Crippen molar-refractivity contribution in [2.24, 2.45) is 0 Å². The van der Waals surface area contributed by atoms with Gasteiger partial charge in [0.2, 0.25) is 0 Å². The molecule has 0 aliphatic carbocycles. The summed E-state index contributed by atoms with van der Waals surface area (Å²) in [5.74, 6) is 0.454. The number of likely N-dealkylation sites (tertiary alicyclic amines) is 1. The maximum atomic E-state index is 12.4. The molecule has 30 heavy (non-hydrogen) atoms. The lowest BCUT2D eigenvalue weighted by Gasteiger charge is -2.34. The predicted octanol–water partition coefficient (Wildman–Crippen LogP) is 4.91. The van der Waals surface area contributed by atoms with Crippen LogP contribution in [0.5, 0.6) is 0 Å². The molecule has 0 atom stereocenters. The molecule has 2 N–H and O–H groups in total. The number of halogens is 1. The number of amides is 1. The molecule has 1 aromatic carbocycles. The van der Waals surface area contributed by atoms with E-state index in [1.54, 1.807) is 4.90 Å². The van der Waals surface area contributed by atoms with E-state index in [0.29, 0.717) is 23.9 Å². The van der Waals surface area contributed by atoms with E-state index < -0.39 is 5.60 Å². The van der Waals surface area contributed by atoms with Gasteiger partial charge in [-0.15, -0.1) is 0 Å². The molecule has 1 aliphatic rings. The van der Waals surface area contributed by atoms with Gasteiger partial charge < -0.3 is 19.9 Å². The summed E-state index contributed by atoms with van der Waals surface area (Å²) in [5.41, 5.74) is 8.53. The number of hydrogen-bond donors (Lipinski definition) is 1. The number of piperidine rings is 1. The largest absolute Gasteiger partial charge is 0.444 e. The standard InChI is InChI=1S/C22H26ClN5O2/c1-22(2,3)30-21(29)27-10-8-16(9-11-27)28-12-17(14-4-6-15(23)7-5-14)18-19(24)25-13-26-20(18)28/h4-7,12-13,16H,8-11H2,1-3H3,(H2,24,25,26). The zero-order valence-corrected chi connectivity index (χ0v) is 18.2. The van der Waals surface area contributed by atoms with Crippen LogP contribution in [-0.4, -0.2) is 44.2 Å². The Morgan fingerprint density at radius 1 is 1.17 bits per heavy atom. The molecule has 0 radical (unpaired) electrons. The second-order valence-electron chi connectivity index (χ2n) is 8.61. The van der Waals surface area contributed by atoms with Crippen LogP contribution in [-0.2, 0) is 4.74 Å². The van der Waals surface area contributed by atoms with E-state index in [0.717, 1.165) is 35.0 Å². The highest BCUT2D eigenvalue weighted by Gasteiger charge is 2.29. The van der Waals surface area contributed by atoms with Gasteiger partial charge in [0.25, 0.3) is 0 Å². The van der Waals surface area contributed by atoms with Crippen molar-refractivity contribution >= 4 is 34.5 Å². The number of carbonyl (C=O) groups is 1. The summed E-state index contributed by atoms with van der Waals surface area (Å²) < 4.78 is 7.68. The number of nitrogens with zero attached hydrogens (tertiary/aromatic N) is 4. The molecule has 3 aromatic rings. The summed E-state index contributed by atoms with van der Waals surface area (Å²) in [4.78, 5) is 22.9. The lowest BCUT2D eigenvalue weighted by atomic mass is 10.1. The van der Waals surface area contributed by atoms with Crippen LogP contribution in [0, 0.1) is 0 Å². The molecular formula is C22H26ClN5O2. The van der Waals surface area contributed by atoms with Crippen LogP contribution < -0.4 is 5.73 Å². The predicted molar refractivity (Wildman–Crippen MR) is 118 cm³/mol.